The molecule has 0 bridgehead atoms. The normalized spacial score (nSPS) is 12.1. The number of halogens is 1. The second kappa shape index (κ2) is 5.66. The molecule has 17 heavy (non-hydrogen) atoms. The molecule has 1 heterocycles. The van der Waals surface area contributed by atoms with Gasteiger partial charge < -0.3 is 10.4 Å². The molecule has 1 aromatic carbocycles. The van der Waals surface area contributed by atoms with Gasteiger partial charge in [-0.3, -0.25) is 0 Å². The molecule has 1 atom stereocenters. The summed E-state index contributed by atoms with van der Waals surface area (Å²) in [7, 11) is 0. The van der Waals surface area contributed by atoms with E-state index in [2.05, 4.69) is 10.3 Å². The van der Waals surface area contributed by atoms with Crippen LogP contribution in [-0.2, 0) is 0 Å². The van der Waals surface area contributed by atoms with E-state index in [1.54, 1.807) is 18.3 Å². The summed E-state index contributed by atoms with van der Waals surface area (Å²) in [5.74, 6) is 0.587. The molecule has 0 unspecified atom stereocenters. The highest BCUT2D eigenvalue weighted by atomic mass is 35.5. The van der Waals surface area contributed by atoms with Gasteiger partial charge in [0.25, 0.3) is 0 Å². The fourth-order valence-corrected chi connectivity index (χ4v) is 1.69. The number of benzene rings is 1. The van der Waals surface area contributed by atoms with Crippen molar-refractivity contribution in [2.75, 3.05) is 11.9 Å². The minimum Gasteiger partial charge on any atom is -0.387 e. The lowest BCUT2D eigenvalue weighted by Crippen LogP contribution is -2.13. The molecule has 4 heteroatoms. The molecule has 0 fully saturated rings. The van der Waals surface area contributed by atoms with Crippen LogP contribution in [0.5, 0.6) is 0 Å². The first-order valence-electron chi connectivity index (χ1n) is 5.35. The maximum Gasteiger partial charge on any atom is 0.144 e. The van der Waals surface area contributed by atoms with E-state index in [0.29, 0.717) is 17.4 Å². The van der Waals surface area contributed by atoms with Crippen LogP contribution < -0.4 is 5.32 Å². The molecule has 0 aliphatic carbocycles. The molecule has 0 saturated heterocycles. The van der Waals surface area contributed by atoms with E-state index < -0.39 is 6.10 Å². The number of hydrogen-bond acceptors (Lipinski definition) is 3. The van der Waals surface area contributed by atoms with Crippen LogP contribution in [0.15, 0.2) is 48.7 Å². The molecule has 1 aromatic heterocycles. The van der Waals surface area contributed by atoms with Gasteiger partial charge in [-0.15, -0.1) is 0 Å². The molecule has 2 rings (SSSR count). The van der Waals surface area contributed by atoms with Crippen LogP contribution >= 0.6 is 11.6 Å². The van der Waals surface area contributed by atoms with Gasteiger partial charge in [-0.2, -0.15) is 0 Å². The van der Waals surface area contributed by atoms with E-state index in [0.717, 1.165) is 5.56 Å². The summed E-state index contributed by atoms with van der Waals surface area (Å²) in [4.78, 5) is 4.09. The molecule has 0 aliphatic heterocycles. The first kappa shape index (κ1) is 11.9. The van der Waals surface area contributed by atoms with Crippen molar-refractivity contribution in [2.24, 2.45) is 0 Å². The second-order valence-corrected chi connectivity index (χ2v) is 4.05. The molecule has 0 aliphatic rings. The van der Waals surface area contributed by atoms with Crippen molar-refractivity contribution in [2.45, 2.75) is 6.10 Å². The van der Waals surface area contributed by atoms with Gasteiger partial charge in [-0.25, -0.2) is 4.98 Å². The molecule has 0 amide bonds. The Kier molecular flexibility index (Phi) is 3.96. The van der Waals surface area contributed by atoms with Crippen LogP contribution in [0.1, 0.15) is 11.7 Å². The van der Waals surface area contributed by atoms with Crippen LogP contribution in [0.2, 0.25) is 5.02 Å². The summed E-state index contributed by atoms with van der Waals surface area (Å²) in [6.45, 7) is 0.376. The fraction of sp³-hybridized carbons (Fsp3) is 0.154. The summed E-state index contributed by atoms with van der Waals surface area (Å²) in [5.41, 5.74) is 0.868. The Balaban J connectivity index is 1.97. The number of rotatable bonds is 4. The fourth-order valence-electron chi connectivity index (χ4n) is 1.50. The van der Waals surface area contributed by atoms with Crippen molar-refractivity contribution < 1.29 is 5.11 Å². The molecule has 3 nitrogen and oxygen atoms in total. The number of pyridine rings is 1. The van der Waals surface area contributed by atoms with E-state index in [4.69, 9.17) is 11.6 Å². The van der Waals surface area contributed by atoms with Gasteiger partial charge in [0.1, 0.15) is 5.82 Å². The summed E-state index contributed by atoms with van der Waals surface area (Å²) >= 11 is 5.95. The van der Waals surface area contributed by atoms with Crippen LogP contribution in [0.4, 0.5) is 5.82 Å². The zero-order valence-electron chi connectivity index (χ0n) is 9.18. The van der Waals surface area contributed by atoms with Crippen LogP contribution in [0.3, 0.4) is 0 Å². The Bertz CT molecular complexity index is 476. The smallest absolute Gasteiger partial charge is 0.144 e. The lowest BCUT2D eigenvalue weighted by molar-refractivity contribution is 0.191. The standard InChI is InChI=1S/C13H13ClN2O/c14-11-7-4-8-15-13(11)16-9-12(17)10-5-2-1-3-6-10/h1-8,12,17H,9H2,(H,15,16)/t12-/m1/s1. The van der Waals surface area contributed by atoms with Crippen molar-refractivity contribution in [1.82, 2.24) is 4.98 Å². The van der Waals surface area contributed by atoms with Gasteiger partial charge >= 0.3 is 0 Å². The van der Waals surface area contributed by atoms with Gasteiger partial charge in [-0.1, -0.05) is 41.9 Å². The number of aliphatic hydroxyl groups excluding tert-OH is 1. The van der Waals surface area contributed by atoms with Crippen molar-refractivity contribution in [1.29, 1.82) is 0 Å². The van der Waals surface area contributed by atoms with Crippen molar-refractivity contribution in [3.63, 3.8) is 0 Å². The van der Waals surface area contributed by atoms with Crippen LogP contribution in [-0.4, -0.2) is 16.6 Å². The number of nitrogens with zero attached hydrogens (tertiary/aromatic N) is 1. The molecule has 2 N–H and O–H groups in total. The average molecular weight is 249 g/mol. The summed E-state index contributed by atoms with van der Waals surface area (Å²) < 4.78 is 0. The maximum absolute atomic E-state index is 9.94. The number of anilines is 1. The molecule has 88 valence electrons. The maximum atomic E-state index is 9.94. The number of hydrogen-bond donors (Lipinski definition) is 2. The van der Waals surface area contributed by atoms with Crippen molar-refractivity contribution in [3.05, 3.63) is 59.2 Å². The minimum absolute atomic E-state index is 0.376. The highest BCUT2D eigenvalue weighted by Gasteiger charge is 2.07. The summed E-state index contributed by atoms with van der Waals surface area (Å²) in [5, 5.41) is 13.5. The monoisotopic (exact) mass is 248 g/mol. The topological polar surface area (TPSA) is 45.1 Å². The first-order valence-corrected chi connectivity index (χ1v) is 5.72. The molecule has 0 saturated carbocycles. The average Bonchev–Trinajstić information content (AvgIpc) is 2.38. The molecular weight excluding hydrogens is 236 g/mol. The number of aliphatic hydroxyl groups is 1. The van der Waals surface area contributed by atoms with Gasteiger partial charge in [0.15, 0.2) is 0 Å². The number of aromatic nitrogens is 1. The highest BCUT2D eigenvalue weighted by Crippen LogP contribution is 2.19. The zero-order chi connectivity index (χ0) is 12.1. The van der Waals surface area contributed by atoms with Crippen LogP contribution in [0.25, 0.3) is 0 Å². The van der Waals surface area contributed by atoms with Crippen molar-refractivity contribution >= 4 is 17.4 Å². The SMILES string of the molecule is O[C@H](CNc1ncccc1Cl)c1ccccc1. The molecule has 2 aromatic rings. The molecule has 0 radical (unpaired) electrons. The minimum atomic E-state index is -0.575. The molecular formula is C13H13ClN2O. The van der Waals surface area contributed by atoms with Crippen LogP contribution in [0, 0.1) is 0 Å². The van der Waals surface area contributed by atoms with E-state index in [1.165, 1.54) is 0 Å². The number of nitrogens with one attached hydrogen (secondary N) is 1. The summed E-state index contributed by atoms with van der Waals surface area (Å²) in [6.07, 6.45) is 1.08. The third kappa shape index (κ3) is 3.19. The Morgan fingerprint density at radius 1 is 1.18 bits per heavy atom. The zero-order valence-corrected chi connectivity index (χ0v) is 9.93. The quantitative estimate of drug-likeness (QED) is 0.875. The Hall–Kier alpha value is -1.58. The van der Waals surface area contributed by atoms with Gasteiger partial charge in [0.05, 0.1) is 11.1 Å². The summed E-state index contributed by atoms with van der Waals surface area (Å²) in [6, 6.07) is 13.0. The lowest BCUT2D eigenvalue weighted by atomic mass is 10.1. The predicted octanol–water partition coefficient (Wildman–Crippen LogP) is 2.88. The van der Waals surface area contributed by atoms with E-state index in [-0.39, 0.29) is 0 Å². The molecule has 0 spiro atoms. The second-order valence-electron chi connectivity index (χ2n) is 3.64. The Morgan fingerprint density at radius 2 is 1.94 bits per heavy atom. The lowest BCUT2D eigenvalue weighted by Gasteiger charge is -2.13. The third-order valence-corrected chi connectivity index (χ3v) is 2.71. The largest absolute Gasteiger partial charge is 0.387 e. The Labute approximate surface area is 105 Å². The van der Waals surface area contributed by atoms with Gasteiger partial charge in [0.2, 0.25) is 0 Å². The third-order valence-electron chi connectivity index (χ3n) is 2.41. The first-order chi connectivity index (χ1) is 8.27. The van der Waals surface area contributed by atoms with E-state index >= 15 is 0 Å². The van der Waals surface area contributed by atoms with Gasteiger partial charge in [0, 0.05) is 12.7 Å². The van der Waals surface area contributed by atoms with Gasteiger partial charge in [-0.05, 0) is 17.7 Å². The Morgan fingerprint density at radius 3 is 2.65 bits per heavy atom. The van der Waals surface area contributed by atoms with E-state index in [9.17, 15) is 5.11 Å². The van der Waals surface area contributed by atoms with Crippen molar-refractivity contribution in [3.8, 4) is 0 Å². The highest BCUT2D eigenvalue weighted by molar-refractivity contribution is 6.32. The predicted molar refractivity (Wildman–Crippen MR) is 69.1 cm³/mol. The van der Waals surface area contributed by atoms with E-state index in [1.807, 2.05) is 30.3 Å².